The zero-order valence-electron chi connectivity index (χ0n) is 18.7. The minimum Gasteiger partial charge on any atom is -0.350 e. The lowest BCUT2D eigenvalue weighted by atomic mass is 9.95. The zero-order valence-corrected chi connectivity index (χ0v) is 18.7. The molecule has 2 amide bonds. The van der Waals surface area contributed by atoms with Gasteiger partial charge >= 0.3 is 0 Å². The molecule has 3 aromatic heterocycles. The molecule has 1 aliphatic heterocycles. The van der Waals surface area contributed by atoms with Crippen molar-refractivity contribution in [2.24, 2.45) is 14.1 Å². The summed E-state index contributed by atoms with van der Waals surface area (Å²) in [5.41, 5.74) is 3.99. The van der Waals surface area contributed by atoms with E-state index in [2.05, 4.69) is 10.4 Å². The number of benzene rings is 2. The second-order valence-corrected chi connectivity index (χ2v) is 8.45. The molecule has 0 saturated carbocycles. The fourth-order valence-electron chi connectivity index (χ4n) is 4.79. The van der Waals surface area contributed by atoms with Gasteiger partial charge in [-0.2, -0.15) is 5.10 Å². The molecule has 172 valence electrons. The molecule has 1 aliphatic rings. The number of nitro groups is 1. The normalized spacial score (nSPS) is 13.9. The molecule has 5 aromatic rings. The number of fused-ring (bicyclic) bond motifs is 2. The average Bonchev–Trinajstić information content (AvgIpc) is 3.60. The number of hydrogen-bond acceptors (Lipinski definition) is 5. The van der Waals surface area contributed by atoms with Gasteiger partial charge in [0.1, 0.15) is 0 Å². The van der Waals surface area contributed by atoms with Crippen LogP contribution in [0.25, 0.3) is 38.6 Å². The minimum atomic E-state index is -0.499. The molecular formula is C25H18N6O4. The molecule has 0 spiro atoms. The third-order valence-corrected chi connectivity index (χ3v) is 6.40. The highest BCUT2D eigenvalue weighted by molar-refractivity contribution is 6.50. The first-order valence-corrected chi connectivity index (χ1v) is 10.8. The summed E-state index contributed by atoms with van der Waals surface area (Å²) >= 11 is 0. The van der Waals surface area contributed by atoms with Gasteiger partial charge in [0, 0.05) is 72.9 Å². The zero-order chi connectivity index (χ0) is 24.4. The third-order valence-electron chi connectivity index (χ3n) is 6.40. The molecule has 0 aliphatic carbocycles. The number of amides is 2. The molecular weight excluding hydrogens is 448 g/mol. The van der Waals surface area contributed by atoms with Crippen molar-refractivity contribution >= 4 is 50.5 Å². The van der Waals surface area contributed by atoms with E-state index in [0.29, 0.717) is 22.0 Å². The van der Waals surface area contributed by atoms with Gasteiger partial charge in [0.2, 0.25) is 0 Å². The van der Waals surface area contributed by atoms with E-state index < -0.39 is 16.7 Å². The van der Waals surface area contributed by atoms with Crippen LogP contribution >= 0.6 is 0 Å². The summed E-state index contributed by atoms with van der Waals surface area (Å²) < 4.78 is 5.38. The number of aromatic nitrogens is 4. The summed E-state index contributed by atoms with van der Waals surface area (Å²) in [5, 5.41) is 19.4. The number of aryl methyl sites for hydroxylation is 2. The summed E-state index contributed by atoms with van der Waals surface area (Å²) in [4.78, 5) is 36.9. The molecule has 4 heterocycles. The second kappa shape index (κ2) is 7.26. The first-order valence-electron chi connectivity index (χ1n) is 10.8. The minimum absolute atomic E-state index is 0.0477. The Morgan fingerprint density at radius 2 is 1.49 bits per heavy atom. The Labute approximate surface area is 197 Å². The van der Waals surface area contributed by atoms with Crippen molar-refractivity contribution in [2.45, 2.75) is 0 Å². The number of carbonyl (C=O) groups is 2. The molecule has 0 atom stereocenters. The van der Waals surface area contributed by atoms with E-state index in [4.69, 9.17) is 0 Å². The van der Waals surface area contributed by atoms with Crippen LogP contribution in [0, 0.1) is 10.1 Å². The first-order chi connectivity index (χ1) is 16.8. The fourth-order valence-corrected chi connectivity index (χ4v) is 4.79. The summed E-state index contributed by atoms with van der Waals surface area (Å²) in [5.74, 6) is -0.978. The third kappa shape index (κ3) is 3.00. The van der Waals surface area contributed by atoms with Crippen molar-refractivity contribution in [1.82, 2.24) is 24.2 Å². The molecule has 0 radical (unpaired) electrons. The average molecular weight is 466 g/mol. The van der Waals surface area contributed by atoms with Crippen LogP contribution in [0.2, 0.25) is 0 Å². The fraction of sp³-hybridized carbons (Fsp3) is 0.0800. The largest absolute Gasteiger partial charge is 0.350 e. The molecule has 0 bridgehead atoms. The number of nitro benzene ring substituents is 1. The van der Waals surface area contributed by atoms with Crippen LogP contribution in [0.4, 0.5) is 5.69 Å². The lowest BCUT2D eigenvalue weighted by Crippen LogP contribution is -2.22. The molecule has 0 fully saturated rings. The van der Waals surface area contributed by atoms with E-state index >= 15 is 0 Å². The van der Waals surface area contributed by atoms with Crippen LogP contribution in [0.15, 0.2) is 67.3 Å². The Kier molecular flexibility index (Phi) is 4.27. The summed E-state index contributed by atoms with van der Waals surface area (Å²) in [7, 11) is 3.63. The lowest BCUT2D eigenvalue weighted by molar-refractivity contribution is -0.384. The van der Waals surface area contributed by atoms with Crippen molar-refractivity contribution in [1.29, 1.82) is 0 Å². The monoisotopic (exact) mass is 466 g/mol. The Morgan fingerprint density at radius 1 is 0.886 bits per heavy atom. The number of rotatable bonds is 4. The number of nitrogens with one attached hydrogen (secondary N) is 1. The first kappa shape index (κ1) is 20.6. The Balaban J connectivity index is 1.60. The predicted octanol–water partition coefficient (Wildman–Crippen LogP) is 3.33. The van der Waals surface area contributed by atoms with Crippen molar-refractivity contribution in [3.05, 3.63) is 88.5 Å². The van der Waals surface area contributed by atoms with Crippen LogP contribution in [0.1, 0.15) is 11.1 Å². The molecule has 6 rings (SSSR count). The predicted molar refractivity (Wildman–Crippen MR) is 130 cm³/mol. The highest BCUT2D eigenvalue weighted by Gasteiger charge is 2.35. The van der Waals surface area contributed by atoms with Gasteiger partial charge in [-0.15, -0.1) is 0 Å². The van der Waals surface area contributed by atoms with Crippen molar-refractivity contribution < 1.29 is 14.5 Å². The molecule has 1 N–H and O–H groups in total. The molecule has 35 heavy (non-hydrogen) atoms. The maximum Gasteiger partial charge on any atom is 0.271 e. The second-order valence-electron chi connectivity index (χ2n) is 8.45. The molecule has 2 aromatic carbocycles. The van der Waals surface area contributed by atoms with E-state index in [1.54, 1.807) is 34.8 Å². The maximum atomic E-state index is 13.1. The van der Waals surface area contributed by atoms with Crippen LogP contribution in [-0.4, -0.2) is 35.7 Å². The Morgan fingerprint density at radius 3 is 2.06 bits per heavy atom. The lowest BCUT2D eigenvalue weighted by Gasteiger charge is -2.05. The number of hydrogen-bond donors (Lipinski definition) is 1. The number of non-ortho nitro benzene ring substituents is 1. The smallest absolute Gasteiger partial charge is 0.271 e. The van der Waals surface area contributed by atoms with Crippen LogP contribution < -0.4 is 5.32 Å². The van der Waals surface area contributed by atoms with Gasteiger partial charge in [0.25, 0.3) is 17.5 Å². The molecule has 0 unspecified atom stereocenters. The van der Waals surface area contributed by atoms with Crippen molar-refractivity contribution in [3.8, 4) is 5.69 Å². The number of carbonyl (C=O) groups excluding carboxylic acids is 2. The topological polar surface area (TPSA) is 117 Å². The molecule has 0 saturated heterocycles. The Bertz CT molecular complexity index is 1750. The van der Waals surface area contributed by atoms with E-state index in [0.717, 1.165) is 16.6 Å². The van der Waals surface area contributed by atoms with Crippen LogP contribution in [0.5, 0.6) is 0 Å². The van der Waals surface area contributed by atoms with Crippen LogP contribution in [-0.2, 0) is 23.7 Å². The van der Waals surface area contributed by atoms with Crippen molar-refractivity contribution in [3.63, 3.8) is 0 Å². The van der Waals surface area contributed by atoms with Crippen molar-refractivity contribution in [2.75, 3.05) is 0 Å². The molecule has 10 nitrogen and oxygen atoms in total. The van der Waals surface area contributed by atoms with Gasteiger partial charge in [-0.3, -0.25) is 25.0 Å². The van der Waals surface area contributed by atoms with Gasteiger partial charge in [-0.05, 0) is 24.3 Å². The van der Waals surface area contributed by atoms with Gasteiger partial charge in [0.15, 0.2) is 0 Å². The van der Waals surface area contributed by atoms with E-state index in [-0.39, 0.29) is 16.8 Å². The van der Waals surface area contributed by atoms with E-state index in [1.807, 2.05) is 48.3 Å². The number of nitrogens with zero attached hydrogens (tertiary/aromatic N) is 5. The quantitative estimate of drug-likeness (QED) is 0.248. The van der Waals surface area contributed by atoms with Gasteiger partial charge in [-0.25, -0.2) is 4.68 Å². The molecule has 10 heteroatoms. The standard InChI is InChI=1S/C25H18N6O4/c1-28-12-18(16-6-4-14(10-20(16)28)30-9-3-8-26-30)22-23(25(33)27-24(22)32)19-13-29(2)21-11-15(31(34)35)5-7-17(19)21/h3-13H,1-2H3,(H,27,32,33). The van der Waals surface area contributed by atoms with E-state index in [9.17, 15) is 19.7 Å². The van der Waals surface area contributed by atoms with Gasteiger partial charge in [-0.1, -0.05) is 6.07 Å². The van der Waals surface area contributed by atoms with E-state index in [1.165, 1.54) is 12.1 Å². The summed E-state index contributed by atoms with van der Waals surface area (Å²) in [6.45, 7) is 0. The highest BCUT2D eigenvalue weighted by Crippen LogP contribution is 2.39. The number of imide groups is 1. The van der Waals surface area contributed by atoms with Gasteiger partial charge < -0.3 is 9.13 Å². The summed E-state index contributed by atoms with van der Waals surface area (Å²) in [6.07, 6.45) is 7.11. The maximum absolute atomic E-state index is 13.1. The highest BCUT2D eigenvalue weighted by atomic mass is 16.6. The van der Waals surface area contributed by atoms with Crippen LogP contribution in [0.3, 0.4) is 0 Å². The SMILES string of the molecule is Cn1cc(C2=C(c3cn(C)c4cc([N+](=O)[O-])ccc34)C(=O)NC2=O)c2ccc(-n3cccn3)cc21. The summed E-state index contributed by atoms with van der Waals surface area (Å²) in [6, 6.07) is 12.1. The Hall–Kier alpha value is -4.99. The van der Waals surface area contributed by atoms with Gasteiger partial charge in [0.05, 0.1) is 32.8 Å².